The van der Waals surface area contributed by atoms with Crippen LogP contribution in [0.4, 0.5) is 0 Å². The van der Waals surface area contributed by atoms with E-state index in [1.54, 1.807) is 6.07 Å². The van der Waals surface area contributed by atoms with E-state index in [0.717, 1.165) is 12.8 Å². The number of amides is 1. The third kappa shape index (κ3) is 3.36. The Hall–Kier alpha value is -1.60. The van der Waals surface area contributed by atoms with Crippen molar-refractivity contribution < 1.29 is 17.9 Å². The molecule has 0 saturated heterocycles. The second-order valence-electron chi connectivity index (χ2n) is 5.13. The summed E-state index contributed by atoms with van der Waals surface area (Å²) >= 11 is 0. The lowest BCUT2D eigenvalue weighted by Crippen LogP contribution is -2.37. The summed E-state index contributed by atoms with van der Waals surface area (Å²) < 4.78 is 28.3. The van der Waals surface area contributed by atoms with Crippen molar-refractivity contribution in [1.82, 2.24) is 5.32 Å². The van der Waals surface area contributed by atoms with Crippen LogP contribution in [-0.2, 0) is 14.8 Å². The smallest absolute Gasteiger partial charge is 0.238 e. The second kappa shape index (κ2) is 6.03. The van der Waals surface area contributed by atoms with Crippen LogP contribution < -0.4 is 15.2 Å². The lowest BCUT2D eigenvalue weighted by atomic mass is 9.99. The van der Waals surface area contributed by atoms with E-state index in [0.29, 0.717) is 11.3 Å². The zero-order valence-corrected chi connectivity index (χ0v) is 12.9. The summed E-state index contributed by atoms with van der Waals surface area (Å²) in [6, 6.07) is 4.46. The van der Waals surface area contributed by atoms with Crippen molar-refractivity contribution >= 4 is 15.9 Å². The topological polar surface area (TPSA) is 98.5 Å². The van der Waals surface area contributed by atoms with Gasteiger partial charge in [-0.3, -0.25) is 4.79 Å². The van der Waals surface area contributed by atoms with Gasteiger partial charge in [0.1, 0.15) is 18.3 Å². The van der Waals surface area contributed by atoms with Crippen LogP contribution in [0.25, 0.3) is 0 Å². The molecular weight excluding hydrogens is 292 g/mol. The summed E-state index contributed by atoms with van der Waals surface area (Å²) in [5.41, 5.74) is 0.574. The summed E-state index contributed by atoms with van der Waals surface area (Å²) in [4.78, 5) is 12.3. The van der Waals surface area contributed by atoms with Crippen molar-refractivity contribution in [3.05, 3.63) is 23.8 Å². The molecule has 3 N–H and O–H groups in total. The normalized spacial score (nSPS) is 17.4. The van der Waals surface area contributed by atoms with E-state index < -0.39 is 15.9 Å². The molecule has 0 bridgehead atoms. The Morgan fingerprint density at radius 1 is 1.43 bits per heavy atom. The molecule has 1 unspecified atom stereocenters. The summed E-state index contributed by atoms with van der Waals surface area (Å²) in [6.07, 6.45) is 1.69. The van der Waals surface area contributed by atoms with E-state index in [4.69, 9.17) is 9.88 Å². The number of hydrogen-bond acceptors (Lipinski definition) is 4. The number of nitrogens with one attached hydrogen (secondary N) is 1. The maximum absolute atomic E-state index is 12.3. The third-order valence-electron chi connectivity index (χ3n) is 3.74. The number of primary sulfonamides is 1. The van der Waals surface area contributed by atoms with E-state index >= 15 is 0 Å². The average molecular weight is 312 g/mol. The van der Waals surface area contributed by atoms with Gasteiger partial charge in [0.15, 0.2) is 0 Å². The molecule has 0 aliphatic carbocycles. The Morgan fingerprint density at radius 3 is 2.67 bits per heavy atom. The van der Waals surface area contributed by atoms with Crippen LogP contribution in [0.3, 0.4) is 0 Å². The average Bonchev–Trinajstić information content (AvgIpc) is 2.86. The molecule has 7 heteroatoms. The lowest BCUT2D eigenvalue weighted by Gasteiger charge is -2.17. The van der Waals surface area contributed by atoms with E-state index in [1.807, 2.05) is 13.8 Å². The Bertz CT molecular complexity index is 638. The van der Waals surface area contributed by atoms with Gasteiger partial charge in [-0.2, -0.15) is 0 Å². The molecule has 1 aliphatic rings. The molecular formula is C14H20N2O4S. The molecule has 1 amide bonds. The van der Waals surface area contributed by atoms with Crippen LogP contribution >= 0.6 is 0 Å². The molecule has 0 saturated carbocycles. The van der Waals surface area contributed by atoms with Crippen LogP contribution in [0.5, 0.6) is 5.75 Å². The Kier molecular flexibility index (Phi) is 4.53. The van der Waals surface area contributed by atoms with E-state index in [9.17, 15) is 13.2 Å². The van der Waals surface area contributed by atoms with Gasteiger partial charge < -0.3 is 10.1 Å². The molecule has 1 heterocycles. The molecule has 21 heavy (non-hydrogen) atoms. The Labute approximate surface area is 124 Å². The SMILES string of the molecule is CCC(CC)NC(=O)C1COc2ccc(S(N)(=O)=O)cc21. The first-order valence-electron chi connectivity index (χ1n) is 6.96. The van der Waals surface area contributed by atoms with Gasteiger partial charge in [0, 0.05) is 11.6 Å². The number of nitrogens with two attached hydrogens (primary N) is 1. The zero-order chi connectivity index (χ0) is 15.6. The number of rotatable bonds is 5. The van der Waals surface area contributed by atoms with Gasteiger partial charge >= 0.3 is 0 Å². The van der Waals surface area contributed by atoms with Crippen molar-refractivity contribution in [2.75, 3.05) is 6.61 Å². The summed E-state index contributed by atoms with van der Waals surface area (Å²) in [6.45, 7) is 4.23. The van der Waals surface area contributed by atoms with Crippen LogP contribution in [0.2, 0.25) is 0 Å². The minimum Gasteiger partial charge on any atom is -0.492 e. The Balaban J connectivity index is 2.26. The van der Waals surface area contributed by atoms with E-state index in [1.165, 1.54) is 12.1 Å². The fourth-order valence-electron chi connectivity index (χ4n) is 2.38. The zero-order valence-electron chi connectivity index (χ0n) is 12.1. The molecule has 0 spiro atoms. The van der Waals surface area contributed by atoms with Crippen LogP contribution in [0, 0.1) is 0 Å². The van der Waals surface area contributed by atoms with Crippen LogP contribution in [0.1, 0.15) is 38.2 Å². The fourth-order valence-corrected chi connectivity index (χ4v) is 2.93. The van der Waals surface area contributed by atoms with Gasteiger partial charge in [-0.25, -0.2) is 13.6 Å². The van der Waals surface area contributed by atoms with E-state index in [2.05, 4.69) is 5.32 Å². The number of fused-ring (bicyclic) bond motifs is 1. The molecule has 116 valence electrons. The predicted octanol–water partition coefficient (Wildman–Crippen LogP) is 1.11. The molecule has 1 aromatic rings. The first-order chi connectivity index (χ1) is 9.86. The number of carbonyl (C=O) groups excluding carboxylic acids is 1. The maximum Gasteiger partial charge on any atom is 0.238 e. The highest BCUT2D eigenvalue weighted by molar-refractivity contribution is 7.89. The minimum atomic E-state index is -3.79. The molecule has 2 rings (SSSR count). The highest BCUT2D eigenvalue weighted by Crippen LogP contribution is 2.35. The predicted molar refractivity (Wildman–Crippen MR) is 78.6 cm³/mol. The van der Waals surface area contributed by atoms with Crippen LogP contribution in [-0.4, -0.2) is 27.0 Å². The van der Waals surface area contributed by atoms with Gasteiger partial charge in [-0.1, -0.05) is 13.8 Å². The van der Waals surface area contributed by atoms with Crippen molar-refractivity contribution in [3.63, 3.8) is 0 Å². The van der Waals surface area contributed by atoms with Gasteiger partial charge in [0.05, 0.1) is 4.90 Å². The van der Waals surface area contributed by atoms with Gasteiger partial charge in [-0.05, 0) is 31.0 Å². The lowest BCUT2D eigenvalue weighted by molar-refractivity contribution is -0.123. The Morgan fingerprint density at radius 2 is 2.10 bits per heavy atom. The number of hydrogen-bond donors (Lipinski definition) is 2. The molecule has 0 radical (unpaired) electrons. The van der Waals surface area contributed by atoms with Crippen molar-refractivity contribution in [1.29, 1.82) is 0 Å². The number of sulfonamides is 1. The summed E-state index contributed by atoms with van der Waals surface area (Å²) in [7, 11) is -3.79. The van der Waals surface area contributed by atoms with Crippen molar-refractivity contribution in [2.45, 2.75) is 43.5 Å². The number of carbonyl (C=O) groups is 1. The molecule has 1 aromatic carbocycles. The maximum atomic E-state index is 12.3. The van der Waals surface area contributed by atoms with Crippen molar-refractivity contribution in [3.8, 4) is 5.75 Å². The van der Waals surface area contributed by atoms with Crippen molar-refractivity contribution in [2.24, 2.45) is 5.14 Å². The second-order valence-corrected chi connectivity index (χ2v) is 6.69. The first kappa shape index (κ1) is 15.8. The third-order valence-corrected chi connectivity index (χ3v) is 4.65. The van der Waals surface area contributed by atoms with Gasteiger partial charge in [0.2, 0.25) is 15.9 Å². The highest BCUT2D eigenvalue weighted by Gasteiger charge is 2.32. The monoisotopic (exact) mass is 312 g/mol. The molecule has 1 aliphatic heterocycles. The summed E-state index contributed by atoms with van der Waals surface area (Å²) in [5.74, 6) is -0.108. The molecule has 0 fully saturated rings. The quantitative estimate of drug-likeness (QED) is 0.851. The van der Waals surface area contributed by atoms with Crippen LogP contribution in [0.15, 0.2) is 23.1 Å². The van der Waals surface area contributed by atoms with E-state index in [-0.39, 0.29) is 23.5 Å². The molecule has 1 atom stereocenters. The highest BCUT2D eigenvalue weighted by atomic mass is 32.2. The largest absolute Gasteiger partial charge is 0.492 e. The fraction of sp³-hybridized carbons (Fsp3) is 0.500. The standard InChI is InChI=1S/C14H20N2O4S/c1-3-9(4-2)16-14(17)12-8-20-13-6-5-10(7-11(12)13)21(15,18)19/h5-7,9,12H,3-4,8H2,1-2H3,(H,16,17)(H2,15,18,19). The minimum absolute atomic E-state index is 0.00733. The number of ether oxygens (including phenoxy) is 1. The summed E-state index contributed by atoms with van der Waals surface area (Å²) in [5, 5.41) is 8.08. The van der Waals surface area contributed by atoms with Gasteiger partial charge in [0.25, 0.3) is 0 Å². The first-order valence-corrected chi connectivity index (χ1v) is 8.51. The molecule has 0 aromatic heterocycles. The molecule has 6 nitrogen and oxygen atoms in total. The van der Waals surface area contributed by atoms with Gasteiger partial charge in [-0.15, -0.1) is 0 Å². The number of benzene rings is 1.